The van der Waals surface area contributed by atoms with Crippen LogP contribution in [0, 0.1) is 0 Å². The maximum absolute atomic E-state index is 11.9. The van der Waals surface area contributed by atoms with Gasteiger partial charge in [-0.2, -0.15) is 0 Å². The number of nitrogens with zero attached hydrogens (tertiary/aromatic N) is 2. The van der Waals surface area contributed by atoms with E-state index in [4.69, 9.17) is 0 Å². The summed E-state index contributed by atoms with van der Waals surface area (Å²) in [6.45, 7) is 2.44. The number of aromatic nitrogens is 1. The molecule has 3 rings (SSSR count). The zero-order chi connectivity index (χ0) is 16.8. The van der Waals surface area contributed by atoms with Crippen LogP contribution < -0.4 is 15.5 Å². The molecule has 0 aliphatic carbocycles. The zero-order valence-corrected chi connectivity index (χ0v) is 13.4. The molecule has 0 unspecified atom stereocenters. The van der Waals surface area contributed by atoms with Crippen LogP contribution in [-0.4, -0.2) is 29.9 Å². The van der Waals surface area contributed by atoms with E-state index >= 15 is 0 Å². The van der Waals surface area contributed by atoms with Gasteiger partial charge in [0.15, 0.2) is 0 Å². The normalized spacial score (nSPS) is 13.6. The minimum absolute atomic E-state index is 0.294. The quantitative estimate of drug-likeness (QED) is 0.843. The van der Waals surface area contributed by atoms with Crippen molar-refractivity contribution in [2.24, 2.45) is 0 Å². The van der Waals surface area contributed by atoms with Crippen LogP contribution in [0.2, 0.25) is 0 Å². The van der Waals surface area contributed by atoms with Crippen molar-refractivity contribution < 1.29 is 9.59 Å². The van der Waals surface area contributed by atoms with Gasteiger partial charge in [0.1, 0.15) is 0 Å². The fraction of sp³-hybridized carbons (Fsp3) is 0.278. The lowest BCUT2D eigenvalue weighted by molar-refractivity contribution is -0.136. The fourth-order valence-corrected chi connectivity index (χ4v) is 2.68. The van der Waals surface area contributed by atoms with Crippen LogP contribution in [-0.2, 0) is 16.1 Å². The Kier molecular flexibility index (Phi) is 5.05. The Hall–Kier alpha value is -2.89. The number of rotatable bonds is 4. The van der Waals surface area contributed by atoms with E-state index in [0.717, 1.165) is 24.3 Å². The van der Waals surface area contributed by atoms with Crippen LogP contribution in [0.25, 0.3) is 0 Å². The summed E-state index contributed by atoms with van der Waals surface area (Å²) in [6.07, 6.45) is 5.72. The number of hydrogen-bond acceptors (Lipinski definition) is 4. The molecule has 0 saturated carbocycles. The molecule has 1 aromatic carbocycles. The topological polar surface area (TPSA) is 74.3 Å². The molecule has 24 heavy (non-hydrogen) atoms. The molecule has 1 aliphatic heterocycles. The molecule has 2 heterocycles. The Morgan fingerprint density at radius 2 is 1.62 bits per heavy atom. The first-order chi connectivity index (χ1) is 11.7. The van der Waals surface area contributed by atoms with E-state index in [2.05, 4.69) is 20.5 Å². The summed E-state index contributed by atoms with van der Waals surface area (Å²) in [5.74, 6) is -1.33. The van der Waals surface area contributed by atoms with Crippen LogP contribution in [0.1, 0.15) is 18.4 Å². The van der Waals surface area contributed by atoms with Crippen molar-refractivity contribution in [3.8, 4) is 0 Å². The summed E-state index contributed by atoms with van der Waals surface area (Å²) >= 11 is 0. The largest absolute Gasteiger partial charge is 0.372 e. The van der Waals surface area contributed by atoms with Crippen LogP contribution in [0.5, 0.6) is 0 Å². The van der Waals surface area contributed by atoms with Gasteiger partial charge in [-0.25, -0.2) is 0 Å². The van der Waals surface area contributed by atoms with Gasteiger partial charge in [0, 0.05) is 43.4 Å². The summed E-state index contributed by atoms with van der Waals surface area (Å²) in [4.78, 5) is 30.0. The number of nitrogens with one attached hydrogen (secondary N) is 2. The fourth-order valence-electron chi connectivity index (χ4n) is 2.68. The van der Waals surface area contributed by atoms with Gasteiger partial charge in [-0.3, -0.25) is 14.6 Å². The molecular formula is C18H20N4O2. The maximum Gasteiger partial charge on any atom is 0.313 e. The molecule has 1 aliphatic rings. The average molecular weight is 324 g/mol. The molecule has 124 valence electrons. The molecule has 1 saturated heterocycles. The van der Waals surface area contributed by atoms with Gasteiger partial charge in [-0.05, 0) is 54.8 Å². The van der Waals surface area contributed by atoms with Crippen molar-refractivity contribution in [3.05, 3.63) is 54.4 Å². The molecule has 6 nitrogen and oxygen atoms in total. The van der Waals surface area contributed by atoms with E-state index in [9.17, 15) is 9.59 Å². The average Bonchev–Trinajstić information content (AvgIpc) is 3.16. The number of hydrogen-bond donors (Lipinski definition) is 2. The van der Waals surface area contributed by atoms with Crippen LogP contribution >= 0.6 is 0 Å². The van der Waals surface area contributed by atoms with Gasteiger partial charge in [0.2, 0.25) is 0 Å². The molecule has 0 bridgehead atoms. The highest BCUT2D eigenvalue weighted by molar-refractivity contribution is 6.39. The second-order valence-corrected chi connectivity index (χ2v) is 5.73. The van der Waals surface area contributed by atoms with Crippen molar-refractivity contribution in [1.29, 1.82) is 0 Å². The monoisotopic (exact) mass is 324 g/mol. The highest BCUT2D eigenvalue weighted by Gasteiger charge is 2.15. The molecule has 1 fully saturated rings. The highest BCUT2D eigenvalue weighted by Crippen LogP contribution is 2.21. The number of carbonyl (C=O) groups is 2. The van der Waals surface area contributed by atoms with Crippen LogP contribution in [0.15, 0.2) is 48.8 Å². The Morgan fingerprint density at radius 1 is 0.958 bits per heavy atom. The number of pyridine rings is 1. The maximum atomic E-state index is 11.9. The lowest BCUT2D eigenvalue weighted by atomic mass is 10.2. The van der Waals surface area contributed by atoms with E-state index in [0.29, 0.717) is 12.2 Å². The Balaban J connectivity index is 1.51. The van der Waals surface area contributed by atoms with Gasteiger partial charge >= 0.3 is 11.8 Å². The summed E-state index contributed by atoms with van der Waals surface area (Å²) in [5.41, 5.74) is 2.65. The summed E-state index contributed by atoms with van der Waals surface area (Å²) in [6, 6.07) is 11.2. The van der Waals surface area contributed by atoms with Crippen molar-refractivity contribution in [3.63, 3.8) is 0 Å². The van der Waals surface area contributed by atoms with Crippen molar-refractivity contribution in [1.82, 2.24) is 10.3 Å². The molecular weight excluding hydrogens is 304 g/mol. The number of carbonyl (C=O) groups excluding carboxylic acids is 2. The molecule has 2 aromatic rings. The molecule has 2 amide bonds. The molecule has 0 spiro atoms. The first-order valence-electron chi connectivity index (χ1n) is 8.05. The minimum atomic E-state index is -0.669. The molecule has 1 aromatic heterocycles. The van der Waals surface area contributed by atoms with Gasteiger partial charge in [-0.15, -0.1) is 0 Å². The van der Waals surface area contributed by atoms with Gasteiger partial charge in [-0.1, -0.05) is 0 Å². The summed E-state index contributed by atoms with van der Waals surface area (Å²) < 4.78 is 0. The predicted molar refractivity (Wildman–Crippen MR) is 92.6 cm³/mol. The third-order valence-corrected chi connectivity index (χ3v) is 4.01. The Bertz CT molecular complexity index is 695. The van der Waals surface area contributed by atoms with Gasteiger partial charge < -0.3 is 15.5 Å². The Morgan fingerprint density at radius 3 is 2.29 bits per heavy atom. The van der Waals surface area contributed by atoms with Crippen LogP contribution in [0.4, 0.5) is 11.4 Å². The SMILES string of the molecule is O=C(NCc1ccncc1)C(=O)Nc1ccc(N2CCCC2)cc1. The van der Waals surface area contributed by atoms with E-state index in [-0.39, 0.29) is 0 Å². The smallest absolute Gasteiger partial charge is 0.313 e. The minimum Gasteiger partial charge on any atom is -0.372 e. The molecule has 6 heteroatoms. The lowest BCUT2D eigenvalue weighted by Crippen LogP contribution is -2.34. The molecule has 0 atom stereocenters. The molecule has 0 radical (unpaired) electrons. The zero-order valence-electron chi connectivity index (χ0n) is 13.4. The van der Waals surface area contributed by atoms with E-state index in [1.54, 1.807) is 24.5 Å². The van der Waals surface area contributed by atoms with E-state index in [1.165, 1.54) is 12.8 Å². The molecule has 2 N–H and O–H groups in total. The summed E-state index contributed by atoms with van der Waals surface area (Å²) in [7, 11) is 0. The highest BCUT2D eigenvalue weighted by atomic mass is 16.2. The Labute approximate surface area is 140 Å². The third-order valence-electron chi connectivity index (χ3n) is 4.01. The first kappa shape index (κ1) is 16.0. The second kappa shape index (κ2) is 7.59. The van der Waals surface area contributed by atoms with E-state index < -0.39 is 11.8 Å². The lowest BCUT2D eigenvalue weighted by Gasteiger charge is -2.17. The number of amides is 2. The van der Waals surface area contributed by atoms with Crippen molar-refractivity contribution in [2.75, 3.05) is 23.3 Å². The number of anilines is 2. The predicted octanol–water partition coefficient (Wildman–Crippen LogP) is 1.94. The number of benzene rings is 1. The second-order valence-electron chi connectivity index (χ2n) is 5.73. The third kappa shape index (κ3) is 4.10. The van der Waals surface area contributed by atoms with Gasteiger partial charge in [0.05, 0.1) is 0 Å². The van der Waals surface area contributed by atoms with Crippen LogP contribution in [0.3, 0.4) is 0 Å². The van der Waals surface area contributed by atoms with Gasteiger partial charge in [0.25, 0.3) is 0 Å². The van der Waals surface area contributed by atoms with Crippen molar-refractivity contribution >= 4 is 23.2 Å². The van der Waals surface area contributed by atoms with E-state index in [1.807, 2.05) is 24.3 Å². The van der Waals surface area contributed by atoms with Crippen molar-refractivity contribution in [2.45, 2.75) is 19.4 Å². The first-order valence-corrected chi connectivity index (χ1v) is 8.05. The summed E-state index contributed by atoms with van der Waals surface area (Å²) in [5, 5.41) is 5.20. The standard InChI is InChI=1S/C18H20N4O2/c23-17(20-13-14-7-9-19-10-8-14)18(24)21-15-3-5-16(6-4-15)22-11-1-2-12-22/h3-10H,1-2,11-13H2,(H,20,23)(H,21,24).